The summed E-state index contributed by atoms with van der Waals surface area (Å²) in [7, 11) is 0. The van der Waals surface area contributed by atoms with Crippen molar-refractivity contribution in [1.82, 2.24) is 9.97 Å². The molecule has 0 amide bonds. The number of fused-ring (bicyclic) bond motifs is 3. The van der Waals surface area contributed by atoms with Crippen molar-refractivity contribution < 1.29 is 4.42 Å². The maximum atomic E-state index is 5.84. The van der Waals surface area contributed by atoms with Crippen molar-refractivity contribution in [2.75, 3.05) is 5.32 Å². The van der Waals surface area contributed by atoms with E-state index >= 15 is 0 Å². The van der Waals surface area contributed by atoms with Gasteiger partial charge in [-0.25, -0.2) is 9.97 Å². The topological polar surface area (TPSA) is 51.0 Å². The zero-order valence-electron chi connectivity index (χ0n) is 10.5. The van der Waals surface area contributed by atoms with Crippen LogP contribution in [0.2, 0.25) is 0 Å². The summed E-state index contributed by atoms with van der Waals surface area (Å²) in [5.74, 6) is 0.769. The minimum absolute atomic E-state index is 0.358. The number of rotatable bonds is 3. The van der Waals surface area contributed by atoms with Crippen LogP contribution in [0.3, 0.4) is 0 Å². The van der Waals surface area contributed by atoms with E-state index in [9.17, 15) is 0 Å². The molecule has 3 rings (SSSR count). The van der Waals surface area contributed by atoms with Crippen LogP contribution in [0.1, 0.15) is 20.3 Å². The molecule has 4 nitrogen and oxygen atoms in total. The highest BCUT2D eigenvalue weighted by molar-refractivity contribution is 6.05. The molecule has 0 saturated heterocycles. The summed E-state index contributed by atoms with van der Waals surface area (Å²) in [5, 5.41) is 4.38. The highest BCUT2D eigenvalue weighted by atomic mass is 16.3. The fraction of sp³-hybridized carbons (Fsp3) is 0.286. The number of nitrogens with zero attached hydrogens (tertiary/aromatic N) is 2. The summed E-state index contributed by atoms with van der Waals surface area (Å²) in [6.45, 7) is 4.26. The molecular formula is C14H15N3O. The molecule has 3 aromatic rings. The maximum absolute atomic E-state index is 5.84. The Labute approximate surface area is 105 Å². The van der Waals surface area contributed by atoms with E-state index in [0.29, 0.717) is 6.04 Å². The van der Waals surface area contributed by atoms with Gasteiger partial charge in [-0.05, 0) is 25.5 Å². The SMILES string of the molecule is CC[C@H](C)Nc1ncnc2c1oc1ccccc12. The lowest BCUT2D eigenvalue weighted by molar-refractivity contribution is 0.663. The molecule has 1 N–H and O–H groups in total. The molecule has 92 valence electrons. The Morgan fingerprint density at radius 2 is 2.11 bits per heavy atom. The maximum Gasteiger partial charge on any atom is 0.196 e. The standard InChI is InChI=1S/C14H15N3O/c1-3-9(2)17-14-13-12(15-8-16-14)10-6-4-5-7-11(10)18-13/h4-9H,3H2,1-2H3,(H,15,16,17)/t9-/m0/s1. The quantitative estimate of drug-likeness (QED) is 0.761. The zero-order chi connectivity index (χ0) is 12.5. The highest BCUT2D eigenvalue weighted by Crippen LogP contribution is 2.30. The molecule has 1 atom stereocenters. The van der Waals surface area contributed by atoms with Crippen LogP contribution in [0.5, 0.6) is 0 Å². The van der Waals surface area contributed by atoms with Gasteiger partial charge >= 0.3 is 0 Å². The lowest BCUT2D eigenvalue weighted by atomic mass is 10.2. The fourth-order valence-electron chi connectivity index (χ4n) is 1.96. The lowest BCUT2D eigenvalue weighted by Gasteiger charge is -2.11. The van der Waals surface area contributed by atoms with E-state index in [4.69, 9.17) is 4.42 Å². The molecule has 0 radical (unpaired) electrons. The van der Waals surface area contributed by atoms with Crippen molar-refractivity contribution in [3.05, 3.63) is 30.6 Å². The molecule has 18 heavy (non-hydrogen) atoms. The van der Waals surface area contributed by atoms with Crippen molar-refractivity contribution >= 4 is 27.9 Å². The van der Waals surface area contributed by atoms with E-state index in [-0.39, 0.29) is 0 Å². The van der Waals surface area contributed by atoms with Gasteiger partial charge in [-0.1, -0.05) is 19.1 Å². The second-order valence-electron chi connectivity index (χ2n) is 4.45. The second-order valence-corrected chi connectivity index (χ2v) is 4.45. The molecule has 0 aliphatic carbocycles. The molecular weight excluding hydrogens is 226 g/mol. The second kappa shape index (κ2) is 4.29. The van der Waals surface area contributed by atoms with Crippen LogP contribution < -0.4 is 5.32 Å². The third-order valence-corrected chi connectivity index (χ3v) is 3.15. The van der Waals surface area contributed by atoms with Crippen molar-refractivity contribution in [3.8, 4) is 0 Å². The Hall–Kier alpha value is -2.10. The minimum atomic E-state index is 0.358. The van der Waals surface area contributed by atoms with Gasteiger partial charge in [0.05, 0.1) is 0 Å². The van der Waals surface area contributed by atoms with Gasteiger partial charge in [-0.2, -0.15) is 0 Å². The van der Waals surface area contributed by atoms with Crippen LogP contribution in [0.15, 0.2) is 35.0 Å². The summed E-state index contributed by atoms with van der Waals surface area (Å²) in [6.07, 6.45) is 2.61. The van der Waals surface area contributed by atoms with Gasteiger partial charge in [0.15, 0.2) is 11.4 Å². The third kappa shape index (κ3) is 1.70. The number of anilines is 1. The summed E-state index contributed by atoms with van der Waals surface area (Å²) < 4.78 is 5.84. The average Bonchev–Trinajstić information content (AvgIpc) is 2.78. The molecule has 0 aliphatic heterocycles. The number of nitrogens with one attached hydrogen (secondary N) is 1. The van der Waals surface area contributed by atoms with Crippen LogP contribution in [0, 0.1) is 0 Å². The van der Waals surface area contributed by atoms with Crippen LogP contribution >= 0.6 is 0 Å². The summed E-state index contributed by atoms with van der Waals surface area (Å²) in [4.78, 5) is 8.59. The molecule has 0 fully saturated rings. The number of furan rings is 1. The van der Waals surface area contributed by atoms with Gasteiger partial charge in [-0.15, -0.1) is 0 Å². The smallest absolute Gasteiger partial charge is 0.196 e. The van der Waals surface area contributed by atoms with Crippen molar-refractivity contribution in [3.63, 3.8) is 0 Å². The monoisotopic (exact) mass is 241 g/mol. The number of hydrogen-bond donors (Lipinski definition) is 1. The molecule has 0 unspecified atom stereocenters. The number of para-hydroxylation sites is 1. The summed E-state index contributed by atoms with van der Waals surface area (Å²) >= 11 is 0. The number of benzene rings is 1. The fourth-order valence-corrected chi connectivity index (χ4v) is 1.96. The molecule has 0 aliphatic rings. The number of hydrogen-bond acceptors (Lipinski definition) is 4. The normalized spacial score (nSPS) is 13.0. The molecule has 0 bridgehead atoms. The van der Waals surface area contributed by atoms with Crippen LogP contribution in [-0.4, -0.2) is 16.0 Å². The molecule has 0 spiro atoms. The summed E-state index contributed by atoms with van der Waals surface area (Å²) in [5.41, 5.74) is 2.45. The predicted molar refractivity (Wildman–Crippen MR) is 72.7 cm³/mol. The van der Waals surface area contributed by atoms with Crippen molar-refractivity contribution in [1.29, 1.82) is 0 Å². The van der Waals surface area contributed by atoms with Gasteiger partial charge in [0.25, 0.3) is 0 Å². The lowest BCUT2D eigenvalue weighted by Crippen LogP contribution is -2.14. The highest BCUT2D eigenvalue weighted by Gasteiger charge is 2.13. The van der Waals surface area contributed by atoms with Gasteiger partial charge in [0.2, 0.25) is 0 Å². The van der Waals surface area contributed by atoms with Crippen LogP contribution in [-0.2, 0) is 0 Å². The Morgan fingerprint density at radius 3 is 2.94 bits per heavy atom. The van der Waals surface area contributed by atoms with Crippen molar-refractivity contribution in [2.45, 2.75) is 26.3 Å². The number of aromatic nitrogens is 2. The van der Waals surface area contributed by atoms with E-state index in [1.807, 2.05) is 24.3 Å². The van der Waals surface area contributed by atoms with E-state index in [0.717, 1.165) is 34.3 Å². The van der Waals surface area contributed by atoms with Crippen molar-refractivity contribution in [2.24, 2.45) is 0 Å². The first-order valence-electron chi connectivity index (χ1n) is 6.18. The molecule has 2 heterocycles. The first-order valence-corrected chi connectivity index (χ1v) is 6.18. The van der Waals surface area contributed by atoms with E-state index in [1.165, 1.54) is 0 Å². The summed E-state index contributed by atoms with van der Waals surface area (Å²) in [6, 6.07) is 8.27. The van der Waals surface area contributed by atoms with Gasteiger partial charge in [0.1, 0.15) is 17.4 Å². The minimum Gasteiger partial charge on any atom is -0.450 e. The third-order valence-electron chi connectivity index (χ3n) is 3.15. The molecule has 1 aromatic carbocycles. The van der Waals surface area contributed by atoms with Gasteiger partial charge in [0, 0.05) is 11.4 Å². The first kappa shape index (κ1) is 11.0. The van der Waals surface area contributed by atoms with Crippen LogP contribution in [0.4, 0.5) is 5.82 Å². The molecule has 2 aromatic heterocycles. The first-order chi connectivity index (χ1) is 8.79. The largest absolute Gasteiger partial charge is 0.450 e. The Kier molecular flexibility index (Phi) is 2.63. The van der Waals surface area contributed by atoms with Crippen LogP contribution in [0.25, 0.3) is 22.1 Å². The van der Waals surface area contributed by atoms with E-state index in [2.05, 4.69) is 29.1 Å². The average molecular weight is 241 g/mol. The molecule has 4 heteroatoms. The predicted octanol–water partition coefficient (Wildman–Crippen LogP) is 3.59. The zero-order valence-corrected chi connectivity index (χ0v) is 10.5. The van der Waals surface area contributed by atoms with E-state index < -0.39 is 0 Å². The van der Waals surface area contributed by atoms with Gasteiger partial charge in [-0.3, -0.25) is 0 Å². The van der Waals surface area contributed by atoms with E-state index in [1.54, 1.807) is 6.33 Å². The van der Waals surface area contributed by atoms with Gasteiger partial charge < -0.3 is 9.73 Å². The Bertz CT molecular complexity index is 690. The molecule has 0 saturated carbocycles. The Morgan fingerprint density at radius 1 is 1.28 bits per heavy atom. The Balaban J connectivity index is 2.21.